The van der Waals surface area contributed by atoms with Crippen LogP contribution < -0.4 is 5.73 Å². The molecule has 1 aliphatic rings. The molecule has 2 N–H and O–H groups in total. The Morgan fingerprint density at radius 3 is 2.71 bits per heavy atom. The summed E-state index contributed by atoms with van der Waals surface area (Å²) in [6, 6.07) is 0. The van der Waals surface area contributed by atoms with Crippen molar-refractivity contribution in [2.24, 2.45) is 11.1 Å². The Bertz CT molecular complexity index is 341. The molecule has 1 saturated carbocycles. The summed E-state index contributed by atoms with van der Waals surface area (Å²) in [5, 5.41) is 1.33. The molecule has 0 aliphatic heterocycles. The number of aromatic nitrogens is 1. The highest BCUT2D eigenvalue weighted by atomic mass is 32.1. The van der Waals surface area contributed by atoms with Gasteiger partial charge in [-0.05, 0) is 31.7 Å². The molecule has 0 saturated heterocycles. The Morgan fingerprint density at radius 1 is 1.57 bits per heavy atom. The topological polar surface area (TPSA) is 38.9 Å². The minimum Gasteiger partial charge on any atom is -0.330 e. The molecule has 1 atom stereocenters. The number of nitrogens with zero attached hydrogens (tertiary/aromatic N) is 1. The van der Waals surface area contributed by atoms with Crippen LogP contribution in [-0.4, -0.2) is 11.5 Å². The van der Waals surface area contributed by atoms with Gasteiger partial charge in [0.05, 0.1) is 10.7 Å². The van der Waals surface area contributed by atoms with Gasteiger partial charge in [-0.3, -0.25) is 0 Å². The van der Waals surface area contributed by atoms with E-state index in [9.17, 15) is 0 Å². The van der Waals surface area contributed by atoms with Gasteiger partial charge in [0.15, 0.2) is 0 Å². The Morgan fingerprint density at radius 2 is 2.21 bits per heavy atom. The molecular weight excluding hydrogens is 192 g/mol. The van der Waals surface area contributed by atoms with Gasteiger partial charge in [-0.1, -0.05) is 13.8 Å². The van der Waals surface area contributed by atoms with Gasteiger partial charge in [-0.25, -0.2) is 4.98 Å². The smallest absolute Gasteiger partial charge is 0.0967 e. The van der Waals surface area contributed by atoms with Crippen LogP contribution in [0, 0.1) is 12.3 Å². The number of hydrogen-bond acceptors (Lipinski definition) is 3. The van der Waals surface area contributed by atoms with E-state index in [1.807, 2.05) is 11.3 Å². The highest BCUT2D eigenvalue weighted by Gasteiger charge is 2.48. The van der Waals surface area contributed by atoms with Crippen LogP contribution in [0.3, 0.4) is 0 Å². The predicted molar refractivity (Wildman–Crippen MR) is 60.7 cm³/mol. The fourth-order valence-corrected chi connectivity index (χ4v) is 3.24. The van der Waals surface area contributed by atoms with Crippen molar-refractivity contribution < 1.29 is 0 Å². The average molecular weight is 210 g/mol. The van der Waals surface area contributed by atoms with Crippen LogP contribution in [0.2, 0.25) is 0 Å². The molecule has 0 amide bonds. The minimum atomic E-state index is 0.490. The van der Waals surface area contributed by atoms with E-state index in [-0.39, 0.29) is 0 Å². The molecule has 0 aromatic carbocycles. The molecule has 78 valence electrons. The van der Waals surface area contributed by atoms with E-state index in [2.05, 4.69) is 25.8 Å². The van der Waals surface area contributed by atoms with Crippen molar-refractivity contribution in [3.63, 3.8) is 0 Å². The molecule has 3 heteroatoms. The van der Waals surface area contributed by atoms with Crippen molar-refractivity contribution in [3.8, 4) is 0 Å². The number of rotatable bonds is 3. The quantitative estimate of drug-likeness (QED) is 0.832. The normalized spacial score (nSPS) is 23.9. The minimum absolute atomic E-state index is 0.490. The molecule has 2 nitrogen and oxygen atoms in total. The van der Waals surface area contributed by atoms with Gasteiger partial charge in [0.1, 0.15) is 0 Å². The maximum atomic E-state index is 5.56. The summed E-state index contributed by atoms with van der Waals surface area (Å²) in [5.41, 5.74) is 7.25. The molecule has 1 aliphatic carbocycles. The molecule has 1 aromatic rings. The van der Waals surface area contributed by atoms with Crippen LogP contribution in [0.25, 0.3) is 0 Å². The van der Waals surface area contributed by atoms with Gasteiger partial charge in [0, 0.05) is 10.8 Å². The molecular formula is C11H18N2S. The molecule has 1 aromatic heterocycles. The number of aryl methyl sites for hydroxylation is 1. The predicted octanol–water partition coefficient (Wildman–Crippen LogP) is 2.47. The Kier molecular flexibility index (Phi) is 2.40. The van der Waals surface area contributed by atoms with E-state index in [0.717, 1.165) is 13.0 Å². The fraction of sp³-hybridized carbons (Fsp3) is 0.727. The maximum Gasteiger partial charge on any atom is 0.0967 e. The lowest BCUT2D eigenvalue weighted by atomic mass is 10.1. The van der Waals surface area contributed by atoms with Crippen molar-refractivity contribution in [2.75, 3.05) is 6.54 Å². The zero-order chi connectivity index (χ0) is 10.3. The van der Waals surface area contributed by atoms with Gasteiger partial charge in [0.25, 0.3) is 0 Å². The third kappa shape index (κ3) is 1.71. The lowest BCUT2D eigenvalue weighted by molar-refractivity contribution is 0.620. The summed E-state index contributed by atoms with van der Waals surface area (Å²) in [6.07, 6.45) is 2.28. The van der Waals surface area contributed by atoms with Gasteiger partial charge < -0.3 is 5.73 Å². The standard InChI is InChI=1S/C11H18N2S/c1-7-9(4-5-12)14-10(13-7)8-6-11(8,2)3/h8H,4-6,12H2,1-3H3. The highest BCUT2D eigenvalue weighted by molar-refractivity contribution is 7.11. The zero-order valence-corrected chi connectivity index (χ0v) is 9.95. The Hall–Kier alpha value is -0.410. The summed E-state index contributed by atoms with van der Waals surface area (Å²) in [4.78, 5) is 6.03. The van der Waals surface area contributed by atoms with E-state index >= 15 is 0 Å². The first kappa shape index (κ1) is 10.1. The van der Waals surface area contributed by atoms with Crippen LogP contribution in [0.5, 0.6) is 0 Å². The average Bonchev–Trinajstić information content (AvgIpc) is 2.57. The lowest BCUT2D eigenvalue weighted by Crippen LogP contribution is -2.01. The monoisotopic (exact) mass is 210 g/mol. The molecule has 1 heterocycles. The number of hydrogen-bond donors (Lipinski definition) is 1. The van der Waals surface area contributed by atoms with Gasteiger partial charge >= 0.3 is 0 Å². The van der Waals surface area contributed by atoms with E-state index < -0.39 is 0 Å². The van der Waals surface area contributed by atoms with Crippen LogP contribution in [0.1, 0.15) is 41.8 Å². The molecule has 2 rings (SSSR count). The number of nitrogens with two attached hydrogens (primary N) is 1. The van der Waals surface area contributed by atoms with Crippen LogP contribution in [-0.2, 0) is 6.42 Å². The molecule has 0 bridgehead atoms. The zero-order valence-electron chi connectivity index (χ0n) is 9.13. The molecule has 1 fully saturated rings. The SMILES string of the molecule is Cc1nc(C2CC2(C)C)sc1CCN. The molecule has 0 spiro atoms. The van der Waals surface area contributed by atoms with Gasteiger partial charge in [-0.15, -0.1) is 11.3 Å². The fourth-order valence-electron chi connectivity index (χ4n) is 1.85. The maximum absolute atomic E-state index is 5.56. The van der Waals surface area contributed by atoms with Crippen molar-refractivity contribution >= 4 is 11.3 Å². The lowest BCUT2D eigenvalue weighted by Gasteiger charge is -1.97. The van der Waals surface area contributed by atoms with Gasteiger partial charge in [-0.2, -0.15) is 0 Å². The van der Waals surface area contributed by atoms with Crippen molar-refractivity contribution in [1.29, 1.82) is 0 Å². The molecule has 0 radical (unpaired) electrons. The second kappa shape index (κ2) is 3.31. The third-order valence-corrected chi connectivity index (χ3v) is 4.42. The largest absolute Gasteiger partial charge is 0.330 e. The summed E-state index contributed by atoms with van der Waals surface area (Å²) in [5.74, 6) is 0.706. The first-order chi connectivity index (χ1) is 6.54. The number of thiazole rings is 1. The second-order valence-electron chi connectivity index (χ2n) is 4.84. The highest BCUT2D eigenvalue weighted by Crippen LogP contribution is 2.59. The van der Waals surface area contributed by atoms with Crippen molar-refractivity contribution in [2.45, 2.75) is 39.5 Å². The van der Waals surface area contributed by atoms with Crippen LogP contribution >= 0.6 is 11.3 Å². The first-order valence-electron chi connectivity index (χ1n) is 5.21. The Balaban J connectivity index is 2.17. The van der Waals surface area contributed by atoms with Crippen molar-refractivity contribution in [3.05, 3.63) is 15.6 Å². The first-order valence-corrected chi connectivity index (χ1v) is 6.02. The summed E-state index contributed by atoms with van der Waals surface area (Å²) in [7, 11) is 0. The van der Waals surface area contributed by atoms with Gasteiger partial charge in [0.2, 0.25) is 0 Å². The third-order valence-electron chi connectivity index (χ3n) is 3.09. The summed E-state index contributed by atoms with van der Waals surface area (Å²) in [6.45, 7) is 7.46. The Labute approximate surface area is 89.5 Å². The van der Waals surface area contributed by atoms with E-state index in [1.54, 1.807) is 0 Å². The summed E-state index contributed by atoms with van der Waals surface area (Å²) < 4.78 is 0. The summed E-state index contributed by atoms with van der Waals surface area (Å²) >= 11 is 1.87. The molecule has 14 heavy (non-hydrogen) atoms. The van der Waals surface area contributed by atoms with Crippen LogP contribution in [0.4, 0.5) is 0 Å². The van der Waals surface area contributed by atoms with Crippen LogP contribution in [0.15, 0.2) is 0 Å². The van der Waals surface area contributed by atoms with E-state index in [1.165, 1.54) is 22.0 Å². The second-order valence-corrected chi connectivity index (χ2v) is 5.96. The molecule has 1 unspecified atom stereocenters. The van der Waals surface area contributed by atoms with E-state index in [4.69, 9.17) is 5.73 Å². The van der Waals surface area contributed by atoms with E-state index in [0.29, 0.717) is 11.3 Å². The van der Waals surface area contributed by atoms with Crippen molar-refractivity contribution in [1.82, 2.24) is 4.98 Å².